The normalized spacial score (nSPS) is 18.1. The Morgan fingerprint density at radius 1 is 1.25 bits per heavy atom. The minimum atomic E-state index is 0.346. The Labute approximate surface area is 99.3 Å². The van der Waals surface area contributed by atoms with Gasteiger partial charge >= 0.3 is 0 Å². The Balaban J connectivity index is 2.18. The number of hydrogen-bond acceptors (Lipinski definition) is 3. The molecule has 0 amide bonds. The van der Waals surface area contributed by atoms with Crippen LogP contribution in [0.2, 0.25) is 0 Å². The lowest BCUT2D eigenvalue weighted by Crippen LogP contribution is -2.31. The van der Waals surface area contributed by atoms with Crippen LogP contribution in [0.5, 0.6) is 0 Å². The summed E-state index contributed by atoms with van der Waals surface area (Å²) in [6.07, 6.45) is 4.47. The minimum Gasteiger partial charge on any atom is -0.388 e. The van der Waals surface area contributed by atoms with Gasteiger partial charge in [-0.25, -0.2) is 0 Å². The van der Waals surface area contributed by atoms with Gasteiger partial charge in [0.1, 0.15) is 0 Å². The van der Waals surface area contributed by atoms with Crippen LogP contribution in [0.1, 0.15) is 25.7 Å². The molecule has 16 heavy (non-hydrogen) atoms. The van der Waals surface area contributed by atoms with Crippen molar-refractivity contribution in [1.82, 2.24) is 9.80 Å². The van der Waals surface area contributed by atoms with Gasteiger partial charge in [-0.05, 0) is 58.9 Å². The molecule has 3 N–H and O–H groups in total. The minimum absolute atomic E-state index is 0.346. The molecular formula is C12H26N4. The SMILES string of the molecule is CN(C)CCCN(C)CC1(CC(=N)N)CC1. The van der Waals surface area contributed by atoms with E-state index < -0.39 is 0 Å². The summed E-state index contributed by atoms with van der Waals surface area (Å²) in [7, 11) is 6.39. The number of nitrogens with one attached hydrogen (secondary N) is 1. The fourth-order valence-corrected chi connectivity index (χ4v) is 2.28. The average Bonchev–Trinajstić information content (AvgIpc) is 2.82. The number of hydrogen-bond donors (Lipinski definition) is 2. The molecule has 1 fully saturated rings. The monoisotopic (exact) mass is 226 g/mol. The van der Waals surface area contributed by atoms with Crippen molar-refractivity contribution in [3.05, 3.63) is 0 Å². The second kappa shape index (κ2) is 5.64. The Kier molecular flexibility index (Phi) is 4.74. The van der Waals surface area contributed by atoms with Crippen LogP contribution in [0.4, 0.5) is 0 Å². The van der Waals surface area contributed by atoms with E-state index in [2.05, 4.69) is 30.9 Å². The van der Waals surface area contributed by atoms with Crippen LogP contribution < -0.4 is 5.73 Å². The number of nitrogens with two attached hydrogens (primary N) is 1. The first kappa shape index (κ1) is 13.5. The summed E-state index contributed by atoms with van der Waals surface area (Å²) in [6, 6.07) is 0. The molecule has 1 rings (SSSR count). The molecule has 0 aliphatic heterocycles. The standard InChI is InChI=1S/C12H26N4/c1-15(2)7-4-8-16(3)10-12(5-6-12)9-11(13)14/h4-10H2,1-3H3,(H3,13,14). The van der Waals surface area contributed by atoms with Crippen molar-refractivity contribution in [2.45, 2.75) is 25.7 Å². The summed E-state index contributed by atoms with van der Waals surface area (Å²) in [5.41, 5.74) is 5.84. The van der Waals surface area contributed by atoms with Gasteiger partial charge in [0.05, 0.1) is 5.84 Å². The van der Waals surface area contributed by atoms with Crippen molar-refractivity contribution in [2.75, 3.05) is 40.8 Å². The van der Waals surface area contributed by atoms with Gasteiger partial charge in [-0.1, -0.05) is 0 Å². The molecule has 94 valence electrons. The highest BCUT2D eigenvalue weighted by molar-refractivity contribution is 5.78. The fourth-order valence-electron chi connectivity index (χ4n) is 2.28. The largest absolute Gasteiger partial charge is 0.388 e. The van der Waals surface area contributed by atoms with Crippen LogP contribution >= 0.6 is 0 Å². The van der Waals surface area contributed by atoms with E-state index in [0.29, 0.717) is 11.3 Å². The number of rotatable bonds is 8. The molecule has 1 saturated carbocycles. The molecule has 0 atom stereocenters. The number of amidine groups is 1. The van der Waals surface area contributed by atoms with Crippen LogP contribution in [0.15, 0.2) is 0 Å². The van der Waals surface area contributed by atoms with Crippen LogP contribution in [0.25, 0.3) is 0 Å². The van der Waals surface area contributed by atoms with E-state index >= 15 is 0 Å². The smallest absolute Gasteiger partial charge is 0.0911 e. The van der Waals surface area contributed by atoms with Gasteiger partial charge in [0.15, 0.2) is 0 Å². The zero-order chi connectivity index (χ0) is 12.2. The predicted octanol–water partition coefficient (Wildman–Crippen LogP) is 0.976. The van der Waals surface area contributed by atoms with Gasteiger partial charge in [-0.15, -0.1) is 0 Å². The topological polar surface area (TPSA) is 56.4 Å². The van der Waals surface area contributed by atoms with Crippen molar-refractivity contribution >= 4 is 5.84 Å². The predicted molar refractivity (Wildman–Crippen MR) is 68.9 cm³/mol. The molecule has 0 bridgehead atoms. The van der Waals surface area contributed by atoms with E-state index in [1.54, 1.807) is 0 Å². The summed E-state index contributed by atoms with van der Waals surface area (Å²) in [5.74, 6) is 0.346. The van der Waals surface area contributed by atoms with Crippen LogP contribution in [0.3, 0.4) is 0 Å². The molecule has 0 aromatic rings. The molecule has 1 aliphatic carbocycles. The van der Waals surface area contributed by atoms with Crippen molar-refractivity contribution in [3.8, 4) is 0 Å². The van der Waals surface area contributed by atoms with Gasteiger partial charge in [0.2, 0.25) is 0 Å². The zero-order valence-corrected chi connectivity index (χ0v) is 10.9. The first-order chi connectivity index (χ1) is 7.43. The van der Waals surface area contributed by atoms with E-state index in [1.807, 2.05) is 0 Å². The Hall–Kier alpha value is -0.610. The van der Waals surface area contributed by atoms with E-state index in [-0.39, 0.29) is 0 Å². The summed E-state index contributed by atoms with van der Waals surface area (Å²) in [4.78, 5) is 4.61. The first-order valence-electron chi connectivity index (χ1n) is 6.10. The third-order valence-corrected chi connectivity index (χ3v) is 3.27. The first-order valence-corrected chi connectivity index (χ1v) is 6.10. The highest BCUT2D eigenvalue weighted by atomic mass is 15.1. The summed E-state index contributed by atoms with van der Waals surface area (Å²) >= 11 is 0. The third-order valence-electron chi connectivity index (χ3n) is 3.27. The van der Waals surface area contributed by atoms with Crippen LogP contribution in [-0.2, 0) is 0 Å². The van der Waals surface area contributed by atoms with Gasteiger partial charge in [0.25, 0.3) is 0 Å². The van der Waals surface area contributed by atoms with E-state index in [1.165, 1.54) is 19.3 Å². The Morgan fingerprint density at radius 3 is 2.31 bits per heavy atom. The van der Waals surface area contributed by atoms with Crippen molar-refractivity contribution in [3.63, 3.8) is 0 Å². The van der Waals surface area contributed by atoms with Gasteiger partial charge in [-0.3, -0.25) is 5.41 Å². The summed E-state index contributed by atoms with van der Waals surface area (Å²) < 4.78 is 0. The molecule has 0 aromatic heterocycles. The Bertz CT molecular complexity index is 233. The van der Waals surface area contributed by atoms with Crippen LogP contribution in [0, 0.1) is 10.8 Å². The molecular weight excluding hydrogens is 200 g/mol. The lowest BCUT2D eigenvalue weighted by Gasteiger charge is -2.23. The van der Waals surface area contributed by atoms with Crippen LogP contribution in [-0.4, -0.2) is 56.4 Å². The third kappa shape index (κ3) is 4.94. The molecule has 1 aliphatic rings. The fraction of sp³-hybridized carbons (Fsp3) is 0.917. The summed E-state index contributed by atoms with van der Waals surface area (Å²) in [6.45, 7) is 3.38. The number of nitrogens with zero attached hydrogens (tertiary/aromatic N) is 2. The summed E-state index contributed by atoms with van der Waals surface area (Å²) in [5, 5.41) is 7.38. The van der Waals surface area contributed by atoms with Crippen molar-refractivity contribution in [2.24, 2.45) is 11.1 Å². The van der Waals surface area contributed by atoms with E-state index in [9.17, 15) is 0 Å². The zero-order valence-electron chi connectivity index (χ0n) is 10.9. The maximum absolute atomic E-state index is 7.38. The van der Waals surface area contributed by atoms with E-state index in [4.69, 9.17) is 11.1 Å². The van der Waals surface area contributed by atoms with Gasteiger partial charge < -0.3 is 15.5 Å². The maximum Gasteiger partial charge on any atom is 0.0911 e. The molecule has 0 heterocycles. The lowest BCUT2D eigenvalue weighted by atomic mass is 10.0. The molecule has 0 aromatic carbocycles. The van der Waals surface area contributed by atoms with E-state index in [0.717, 1.165) is 26.1 Å². The van der Waals surface area contributed by atoms with Crippen molar-refractivity contribution in [1.29, 1.82) is 5.41 Å². The lowest BCUT2D eigenvalue weighted by molar-refractivity contribution is 0.251. The van der Waals surface area contributed by atoms with Gasteiger partial charge in [-0.2, -0.15) is 0 Å². The van der Waals surface area contributed by atoms with Crippen molar-refractivity contribution < 1.29 is 0 Å². The molecule has 4 nitrogen and oxygen atoms in total. The quantitative estimate of drug-likeness (QED) is 0.479. The second-order valence-electron chi connectivity index (χ2n) is 5.60. The molecule has 4 heteroatoms. The Morgan fingerprint density at radius 2 is 1.88 bits per heavy atom. The second-order valence-corrected chi connectivity index (χ2v) is 5.60. The molecule has 0 radical (unpaired) electrons. The highest BCUT2D eigenvalue weighted by Crippen LogP contribution is 2.49. The molecule has 0 spiro atoms. The maximum atomic E-state index is 7.38. The molecule has 0 saturated heterocycles. The van der Waals surface area contributed by atoms with Gasteiger partial charge in [0, 0.05) is 13.0 Å². The highest BCUT2D eigenvalue weighted by Gasteiger charge is 2.43. The molecule has 0 unspecified atom stereocenters. The average molecular weight is 226 g/mol.